The van der Waals surface area contributed by atoms with Crippen molar-refractivity contribution in [2.75, 3.05) is 18.8 Å². The molecule has 3 N–H and O–H groups in total. The molecule has 1 fully saturated rings. The highest BCUT2D eigenvalue weighted by Crippen LogP contribution is 2.22. The smallest absolute Gasteiger partial charge is 0.259 e. The van der Waals surface area contributed by atoms with Gasteiger partial charge in [0.05, 0.1) is 6.20 Å². The quantitative estimate of drug-likeness (QED) is 0.877. The molecule has 2 heterocycles. The Bertz CT molecular complexity index is 579. The van der Waals surface area contributed by atoms with E-state index in [1.807, 2.05) is 27.7 Å². The van der Waals surface area contributed by atoms with Gasteiger partial charge in [0.15, 0.2) is 0 Å². The summed E-state index contributed by atoms with van der Waals surface area (Å²) < 4.78 is 1.63. The van der Waals surface area contributed by atoms with E-state index in [4.69, 9.17) is 5.73 Å². The molecular formula is C16H27N5O2. The Labute approximate surface area is 137 Å². The van der Waals surface area contributed by atoms with Crippen LogP contribution in [-0.2, 0) is 4.79 Å². The summed E-state index contributed by atoms with van der Waals surface area (Å²) in [6.07, 6.45) is 2.88. The van der Waals surface area contributed by atoms with Crippen molar-refractivity contribution in [3.63, 3.8) is 0 Å². The number of amides is 2. The van der Waals surface area contributed by atoms with Crippen molar-refractivity contribution in [2.24, 2.45) is 5.92 Å². The third kappa shape index (κ3) is 3.65. The third-order valence-electron chi connectivity index (χ3n) is 4.06. The maximum absolute atomic E-state index is 13.0. The van der Waals surface area contributed by atoms with Crippen molar-refractivity contribution in [3.8, 4) is 0 Å². The maximum atomic E-state index is 13.0. The maximum Gasteiger partial charge on any atom is 0.259 e. The molecule has 2 amide bonds. The molecule has 1 atom stereocenters. The summed E-state index contributed by atoms with van der Waals surface area (Å²) >= 11 is 0. The van der Waals surface area contributed by atoms with Crippen LogP contribution in [0.25, 0.3) is 0 Å². The first-order valence-corrected chi connectivity index (χ1v) is 8.24. The number of anilines is 1. The van der Waals surface area contributed by atoms with Gasteiger partial charge in [0.2, 0.25) is 5.91 Å². The summed E-state index contributed by atoms with van der Waals surface area (Å²) in [7, 11) is 0. The van der Waals surface area contributed by atoms with Crippen molar-refractivity contribution < 1.29 is 9.59 Å². The lowest BCUT2D eigenvalue weighted by atomic mass is 10.0. The molecule has 0 bridgehead atoms. The molecule has 1 saturated heterocycles. The van der Waals surface area contributed by atoms with Crippen LogP contribution in [0, 0.1) is 5.92 Å². The second-order valence-electron chi connectivity index (χ2n) is 6.77. The SMILES string of the molecule is CC(C)CC1C(=O)NCCCN1C(=O)c1cnn(C(C)C)c1N. The molecule has 1 aromatic rings. The van der Waals surface area contributed by atoms with Gasteiger partial charge < -0.3 is 16.0 Å². The number of aromatic nitrogens is 2. The van der Waals surface area contributed by atoms with E-state index in [2.05, 4.69) is 10.4 Å². The van der Waals surface area contributed by atoms with Gasteiger partial charge in [0.25, 0.3) is 5.91 Å². The predicted molar refractivity (Wildman–Crippen MR) is 88.9 cm³/mol. The Morgan fingerprint density at radius 1 is 1.43 bits per heavy atom. The summed E-state index contributed by atoms with van der Waals surface area (Å²) in [4.78, 5) is 26.9. The average Bonchev–Trinajstić information content (AvgIpc) is 2.77. The lowest BCUT2D eigenvalue weighted by Gasteiger charge is -2.29. The van der Waals surface area contributed by atoms with Crippen LogP contribution in [0.1, 0.15) is 56.9 Å². The van der Waals surface area contributed by atoms with E-state index < -0.39 is 6.04 Å². The first-order chi connectivity index (χ1) is 10.8. The molecule has 0 aliphatic carbocycles. The summed E-state index contributed by atoms with van der Waals surface area (Å²) in [6, 6.07) is -0.373. The average molecular weight is 321 g/mol. The first-order valence-electron chi connectivity index (χ1n) is 8.24. The highest BCUT2D eigenvalue weighted by atomic mass is 16.2. The van der Waals surface area contributed by atoms with E-state index in [1.54, 1.807) is 9.58 Å². The number of hydrogen-bond acceptors (Lipinski definition) is 4. The van der Waals surface area contributed by atoms with Crippen LogP contribution < -0.4 is 11.1 Å². The minimum Gasteiger partial charge on any atom is -0.383 e. The molecule has 0 saturated carbocycles. The Kier molecular flexibility index (Phi) is 5.28. The van der Waals surface area contributed by atoms with Gasteiger partial charge in [-0.05, 0) is 32.6 Å². The molecule has 23 heavy (non-hydrogen) atoms. The molecule has 7 nitrogen and oxygen atoms in total. The van der Waals surface area contributed by atoms with E-state index in [9.17, 15) is 9.59 Å². The van der Waals surface area contributed by atoms with Crippen LogP contribution in [-0.4, -0.2) is 45.6 Å². The third-order valence-corrected chi connectivity index (χ3v) is 4.06. The van der Waals surface area contributed by atoms with Crippen molar-refractivity contribution in [3.05, 3.63) is 11.8 Å². The topological polar surface area (TPSA) is 93.2 Å². The first kappa shape index (κ1) is 17.3. The summed E-state index contributed by atoms with van der Waals surface area (Å²) in [5.74, 6) is 0.379. The van der Waals surface area contributed by atoms with E-state index in [0.717, 1.165) is 6.42 Å². The molecule has 1 aromatic heterocycles. The van der Waals surface area contributed by atoms with Crippen molar-refractivity contribution >= 4 is 17.6 Å². The number of carbonyl (C=O) groups is 2. The molecule has 0 aromatic carbocycles. The number of nitrogens with zero attached hydrogens (tertiary/aromatic N) is 3. The second-order valence-corrected chi connectivity index (χ2v) is 6.77. The molecule has 128 valence electrons. The standard InChI is InChI=1S/C16H27N5O2/c1-10(2)8-13-15(22)18-6-5-7-20(13)16(23)12-9-19-21(11(3)4)14(12)17/h9-11,13H,5-8,17H2,1-4H3,(H,18,22). The van der Waals surface area contributed by atoms with Crippen LogP contribution in [0.4, 0.5) is 5.82 Å². The number of carbonyl (C=O) groups excluding carboxylic acids is 2. The van der Waals surface area contributed by atoms with Crippen molar-refractivity contribution in [2.45, 2.75) is 52.6 Å². The van der Waals surface area contributed by atoms with E-state index in [0.29, 0.717) is 36.8 Å². The van der Waals surface area contributed by atoms with Gasteiger partial charge in [-0.3, -0.25) is 9.59 Å². The molecule has 1 aliphatic heterocycles. The molecular weight excluding hydrogens is 294 g/mol. The number of nitrogens with one attached hydrogen (secondary N) is 1. The fraction of sp³-hybridized carbons (Fsp3) is 0.688. The van der Waals surface area contributed by atoms with Gasteiger partial charge in [-0.15, -0.1) is 0 Å². The highest BCUT2D eigenvalue weighted by molar-refractivity contribution is 6.00. The second kappa shape index (κ2) is 7.02. The zero-order valence-corrected chi connectivity index (χ0v) is 14.4. The van der Waals surface area contributed by atoms with Crippen LogP contribution in [0.3, 0.4) is 0 Å². The molecule has 2 rings (SSSR count). The van der Waals surface area contributed by atoms with E-state index in [1.165, 1.54) is 6.20 Å². The minimum atomic E-state index is -0.452. The summed E-state index contributed by atoms with van der Waals surface area (Å²) in [6.45, 7) is 9.15. The molecule has 1 aliphatic rings. The van der Waals surface area contributed by atoms with E-state index >= 15 is 0 Å². The van der Waals surface area contributed by atoms with E-state index in [-0.39, 0.29) is 17.9 Å². The Balaban J connectivity index is 2.32. The summed E-state index contributed by atoms with van der Waals surface area (Å²) in [5.41, 5.74) is 6.46. The lowest BCUT2D eigenvalue weighted by Crippen LogP contribution is -2.48. The Morgan fingerprint density at radius 3 is 2.70 bits per heavy atom. The van der Waals surface area contributed by atoms with Crippen LogP contribution in [0.15, 0.2) is 6.20 Å². The van der Waals surface area contributed by atoms with Gasteiger partial charge in [0.1, 0.15) is 17.4 Å². The van der Waals surface area contributed by atoms with Gasteiger partial charge in [-0.1, -0.05) is 13.8 Å². The Hall–Kier alpha value is -2.05. The van der Waals surface area contributed by atoms with Crippen molar-refractivity contribution in [1.29, 1.82) is 0 Å². The molecule has 7 heteroatoms. The predicted octanol–water partition coefficient (Wildman–Crippen LogP) is 1.42. The molecule has 0 spiro atoms. The highest BCUT2D eigenvalue weighted by Gasteiger charge is 2.34. The van der Waals surface area contributed by atoms with Gasteiger partial charge in [0, 0.05) is 19.1 Å². The number of nitrogen functional groups attached to an aromatic ring is 1. The van der Waals surface area contributed by atoms with Crippen LogP contribution >= 0.6 is 0 Å². The van der Waals surface area contributed by atoms with Gasteiger partial charge in [-0.2, -0.15) is 5.10 Å². The monoisotopic (exact) mass is 321 g/mol. The van der Waals surface area contributed by atoms with Crippen molar-refractivity contribution in [1.82, 2.24) is 20.0 Å². The number of nitrogens with two attached hydrogens (primary N) is 1. The Morgan fingerprint density at radius 2 is 2.13 bits per heavy atom. The van der Waals surface area contributed by atoms with Gasteiger partial charge >= 0.3 is 0 Å². The fourth-order valence-electron chi connectivity index (χ4n) is 2.90. The van der Waals surface area contributed by atoms with Crippen LogP contribution in [0.5, 0.6) is 0 Å². The zero-order valence-electron chi connectivity index (χ0n) is 14.4. The zero-order chi connectivity index (χ0) is 17.1. The van der Waals surface area contributed by atoms with Gasteiger partial charge in [-0.25, -0.2) is 4.68 Å². The molecule has 0 radical (unpaired) electrons. The number of rotatable bonds is 4. The number of hydrogen-bond donors (Lipinski definition) is 2. The summed E-state index contributed by atoms with van der Waals surface area (Å²) in [5, 5.41) is 7.09. The normalized spacial score (nSPS) is 19.1. The molecule has 1 unspecified atom stereocenters. The van der Waals surface area contributed by atoms with Crippen LogP contribution in [0.2, 0.25) is 0 Å². The fourth-order valence-corrected chi connectivity index (χ4v) is 2.90. The lowest BCUT2D eigenvalue weighted by molar-refractivity contribution is -0.125. The minimum absolute atomic E-state index is 0.0791. The largest absolute Gasteiger partial charge is 0.383 e.